The Bertz CT molecular complexity index is 925. The van der Waals surface area contributed by atoms with Gasteiger partial charge in [-0.2, -0.15) is 0 Å². The van der Waals surface area contributed by atoms with Gasteiger partial charge in [0.05, 0.1) is 19.8 Å². The Balaban J connectivity index is 1.87. The van der Waals surface area contributed by atoms with Crippen molar-refractivity contribution in [2.24, 2.45) is 0 Å². The summed E-state index contributed by atoms with van der Waals surface area (Å²) in [5.74, 6) is 1.20. The Hall–Kier alpha value is -2.86. The van der Waals surface area contributed by atoms with Gasteiger partial charge in [0.15, 0.2) is 11.5 Å². The molecule has 0 atom stereocenters. The first-order valence-corrected chi connectivity index (χ1v) is 10.1. The van der Waals surface area contributed by atoms with Crippen LogP contribution >= 0.6 is 11.3 Å². The van der Waals surface area contributed by atoms with Crippen LogP contribution in [-0.2, 0) is 6.54 Å². The first-order valence-electron chi connectivity index (χ1n) is 9.18. The molecule has 0 aliphatic heterocycles. The van der Waals surface area contributed by atoms with Gasteiger partial charge in [0, 0.05) is 18.5 Å². The number of thiazole rings is 1. The van der Waals surface area contributed by atoms with E-state index in [1.54, 1.807) is 14.2 Å². The van der Waals surface area contributed by atoms with Crippen molar-refractivity contribution < 1.29 is 14.3 Å². The largest absolute Gasteiger partial charge is 0.493 e. The van der Waals surface area contributed by atoms with Crippen LogP contribution in [0.2, 0.25) is 0 Å². The van der Waals surface area contributed by atoms with E-state index in [0.29, 0.717) is 30.3 Å². The second-order valence-corrected chi connectivity index (χ2v) is 7.15. The quantitative estimate of drug-likeness (QED) is 0.545. The van der Waals surface area contributed by atoms with E-state index in [2.05, 4.69) is 11.9 Å². The van der Waals surface area contributed by atoms with E-state index in [-0.39, 0.29) is 5.91 Å². The van der Waals surface area contributed by atoms with Crippen LogP contribution < -0.4 is 9.47 Å². The molecule has 1 aromatic heterocycles. The fraction of sp³-hybridized carbons (Fsp3) is 0.273. The molecule has 146 valence electrons. The molecule has 3 rings (SSSR count). The highest BCUT2D eigenvalue weighted by molar-refractivity contribution is 7.13. The van der Waals surface area contributed by atoms with Crippen molar-refractivity contribution in [1.82, 2.24) is 9.88 Å². The summed E-state index contributed by atoms with van der Waals surface area (Å²) in [5.41, 5.74) is 2.37. The second kappa shape index (κ2) is 9.37. The number of amides is 1. The third-order valence-corrected chi connectivity index (χ3v) is 5.23. The van der Waals surface area contributed by atoms with E-state index >= 15 is 0 Å². The smallest absolute Gasteiger partial charge is 0.273 e. The van der Waals surface area contributed by atoms with Gasteiger partial charge in [-0.1, -0.05) is 43.3 Å². The topological polar surface area (TPSA) is 51.7 Å². The third-order valence-electron chi connectivity index (χ3n) is 4.35. The molecule has 0 N–H and O–H groups in total. The Labute approximate surface area is 169 Å². The minimum absolute atomic E-state index is 0.0601. The average molecular weight is 397 g/mol. The Morgan fingerprint density at radius 3 is 2.54 bits per heavy atom. The number of carbonyl (C=O) groups is 1. The van der Waals surface area contributed by atoms with Crippen LogP contribution in [0.15, 0.2) is 53.9 Å². The van der Waals surface area contributed by atoms with E-state index in [1.165, 1.54) is 11.3 Å². The number of aromatic nitrogens is 1. The van der Waals surface area contributed by atoms with Crippen molar-refractivity contribution in [3.63, 3.8) is 0 Å². The van der Waals surface area contributed by atoms with Crippen LogP contribution in [-0.4, -0.2) is 36.6 Å². The fourth-order valence-electron chi connectivity index (χ4n) is 3.04. The van der Waals surface area contributed by atoms with Crippen LogP contribution in [0, 0.1) is 0 Å². The lowest BCUT2D eigenvalue weighted by Gasteiger charge is -2.21. The van der Waals surface area contributed by atoms with Crippen LogP contribution in [0.4, 0.5) is 0 Å². The lowest BCUT2D eigenvalue weighted by molar-refractivity contribution is 0.0738. The monoisotopic (exact) mass is 396 g/mol. The molecule has 1 heterocycles. The molecular weight excluding hydrogens is 372 g/mol. The summed E-state index contributed by atoms with van der Waals surface area (Å²) in [6.45, 7) is 3.32. The number of nitrogens with zero attached hydrogens (tertiary/aromatic N) is 2. The van der Waals surface area contributed by atoms with Gasteiger partial charge in [-0.3, -0.25) is 4.79 Å². The molecular formula is C22H24N2O3S. The molecule has 2 aromatic carbocycles. The molecule has 1 amide bonds. The molecule has 0 saturated carbocycles. The highest BCUT2D eigenvalue weighted by Gasteiger charge is 2.21. The van der Waals surface area contributed by atoms with Crippen molar-refractivity contribution in [3.05, 3.63) is 65.2 Å². The Morgan fingerprint density at radius 2 is 1.86 bits per heavy atom. The zero-order valence-electron chi connectivity index (χ0n) is 16.3. The average Bonchev–Trinajstić information content (AvgIpc) is 3.23. The SMILES string of the molecule is CCCN(Cc1ccccc1)C(=O)c1csc(-c2cccc(OC)c2OC)n1. The lowest BCUT2D eigenvalue weighted by atomic mass is 10.2. The van der Waals surface area contributed by atoms with E-state index < -0.39 is 0 Å². The summed E-state index contributed by atoms with van der Waals surface area (Å²) in [7, 11) is 3.20. The van der Waals surface area contributed by atoms with Gasteiger partial charge in [0.1, 0.15) is 10.7 Å². The number of carbonyl (C=O) groups excluding carboxylic acids is 1. The molecule has 0 bridgehead atoms. The molecule has 3 aromatic rings. The number of rotatable bonds is 8. The van der Waals surface area contributed by atoms with Crippen LogP contribution in [0.25, 0.3) is 10.6 Å². The Kier molecular flexibility index (Phi) is 6.66. The second-order valence-electron chi connectivity index (χ2n) is 6.29. The van der Waals surface area contributed by atoms with E-state index in [0.717, 1.165) is 22.6 Å². The molecule has 28 heavy (non-hydrogen) atoms. The molecule has 0 unspecified atom stereocenters. The highest BCUT2D eigenvalue weighted by atomic mass is 32.1. The van der Waals surface area contributed by atoms with Crippen LogP contribution in [0.5, 0.6) is 11.5 Å². The van der Waals surface area contributed by atoms with Gasteiger partial charge in [-0.25, -0.2) is 4.98 Å². The zero-order valence-corrected chi connectivity index (χ0v) is 17.2. The first-order chi connectivity index (χ1) is 13.7. The summed E-state index contributed by atoms with van der Waals surface area (Å²) < 4.78 is 10.9. The van der Waals surface area contributed by atoms with Crippen LogP contribution in [0.3, 0.4) is 0 Å². The molecule has 0 aliphatic rings. The van der Waals surface area contributed by atoms with Gasteiger partial charge in [0.2, 0.25) is 0 Å². The molecule has 0 spiro atoms. The molecule has 0 aliphatic carbocycles. The predicted octanol–water partition coefficient (Wildman–Crippen LogP) is 4.88. The zero-order chi connectivity index (χ0) is 19.9. The Morgan fingerprint density at radius 1 is 1.07 bits per heavy atom. The van der Waals surface area contributed by atoms with Gasteiger partial charge in [-0.15, -0.1) is 11.3 Å². The van der Waals surface area contributed by atoms with Gasteiger partial charge in [-0.05, 0) is 24.1 Å². The van der Waals surface area contributed by atoms with E-state index in [9.17, 15) is 4.79 Å². The number of hydrogen-bond acceptors (Lipinski definition) is 5. The summed E-state index contributed by atoms with van der Waals surface area (Å²) in [6, 6.07) is 15.7. The third kappa shape index (κ3) is 4.34. The van der Waals surface area contributed by atoms with E-state index in [1.807, 2.05) is 58.8 Å². The minimum atomic E-state index is -0.0601. The number of ether oxygens (including phenoxy) is 2. The van der Waals surface area contributed by atoms with Gasteiger partial charge in [0.25, 0.3) is 5.91 Å². The molecule has 0 fully saturated rings. The number of methoxy groups -OCH3 is 2. The maximum atomic E-state index is 13.1. The van der Waals surface area contributed by atoms with Crippen molar-refractivity contribution in [1.29, 1.82) is 0 Å². The number of benzene rings is 2. The maximum Gasteiger partial charge on any atom is 0.273 e. The van der Waals surface area contributed by atoms with Crippen molar-refractivity contribution >= 4 is 17.2 Å². The van der Waals surface area contributed by atoms with Gasteiger partial charge < -0.3 is 14.4 Å². The van der Waals surface area contributed by atoms with Crippen LogP contribution in [0.1, 0.15) is 29.4 Å². The number of hydrogen-bond donors (Lipinski definition) is 0. The predicted molar refractivity (Wildman–Crippen MR) is 112 cm³/mol. The van der Waals surface area contributed by atoms with Gasteiger partial charge >= 0.3 is 0 Å². The summed E-state index contributed by atoms with van der Waals surface area (Å²) >= 11 is 1.43. The van der Waals surface area contributed by atoms with E-state index in [4.69, 9.17) is 9.47 Å². The van der Waals surface area contributed by atoms with Crippen molar-refractivity contribution in [2.75, 3.05) is 20.8 Å². The lowest BCUT2D eigenvalue weighted by Crippen LogP contribution is -2.31. The standard InChI is InChI=1S/C22H24N2O3S/c1-4-13-24(14-16-9-6-5-7-10-16)22(25)18-15-28-21(23-18)17-11-8-12-19(26-2)20(17)27-3/h5-12,15H,4,13-14H2,1-3H3. The minimum Gasteiger partial charge on any atom is -0.493 e. The fourth-order valence-corrected chi connectivity index (χ4v) is 3.85. The summed E-state index contributed by atoms with van der Waals surface area (Å²) in [4.78, 5) is 19.5. The molecule has 0 saturated heterocycles. The van der Waals surface area contributed by atoms with Crippen molar-refractivity contribution in [2.45, 2.75) is 19.9 Å². The molecule has 6 heteroatoms. The first kappa shape index (κ1) is 19.9. The summed E-state index contributed by atoms with van der Waals surface area (Å²) in [5, 5.41) is 2.54. The molecule has 0 radical (unpaired) electrons. The van der Waals surface area contributed by atoms with Crippen molar-refractivity contribution in [3.8, 4) is 22.1 Å². The highest BCUT2D eigenvalue weighted by Crippen LogP contribution is 2.39. The normalized spacial score (nSPS) is 10.5. The maximum absolute atomic E-state index is 13.1. The molecule has 5 nitrogen and oxygen atoms in total. The number of para-hydroxylation sites is 1. The summed E-state index contributed by atoms with van der Waals surface area (Å²) in [6.07, 6.45) is 0.888.